The fourth-order valence-electron chi connectivity index (χ4n) is 2.65. The molecule has 0 saturated carbocycles. The van der Waals surface area contributed by atoms with Crippen LogP contribution in [0, 0.1) is 0 Å². The van der Waals surface area contributed by atoms with Crippen molar-refractivity contribution in [3.8, 4) is 0 Å². The van der Waals surface area contributed by atoms with E-state index in [4.69, 9.17) is 4.74 Å². The second kappa shape index (κ2) is 10.1. The van der Waals surface area contributed by atoms with Crippen molar-refractivity contribution in [1.82, 2.24) is 5.32 Å². The molecule has 0 aliphatic heterocycles. The zero-order valence-corrected chi connectivity index (χ0v) is 17.0. The Bertz CT molecular complexity index is 847. The molecule has 7 heteroatoms. The quantitative estimate of drug-likeness (QED) is 0.622. The number of carboxylic acid groups (broad SMARTS) is 1. The Hall–Kier alpha value is -2.59. The molecule has 1 unspecified atom stereocenters. The second-order valence-corrected chi connectivity index (χ2v) is 10.8. The van der Waals surface area contributed by atoms with Gasteiger partial charge in [0, 0.05) is 12.6 Å². The molecule has 150 valence electrons. The van der Waals surface area contributed by atoms with Crippen molar-refractivity contribution in [2.24, 2.45) is 0 Å². The lowest BCUT2D eigenvalue weighted by Gasteiger charge is -2.15. The minimum atomic E-state index is -2.11. The standard InChI is InChI=1S/C21H26NO5P/c1-28(2,26)12-11-16-9-6-10-18(13-16)14-19(20(23)24)22-21(25)27-15-17-7-4-3-5-8-17/h3-10,13,19H,11-12,14-15H2,1-2H3,(H,22,25)(H,23,24). The summed E-state index contributed by atoms with van der Waals surface area (Å²) < 4.78 is 17.0. The number of hydrogen-bond acceptors (Lipinski definition) is 4. The third-order valence-corrected chi connectivity index (χ3v) is 5.47. The van der Waals surface area contributed by atoms with Gasteiger partial charge in [-0.3, -0.25) is 0 Å². The number of benzene rings is 2. The summed E-state index contributed by atoms with van der Waals surface area (Å²) in [5, 5.41) is 11.8. The molecule has 0 aromatic heterocycles. The minimum Gasteiger partial charge on any atom is -0.480 e. The number of ether oxygens (including phenoxy) is 1. The van der Waals surface area contributed by atoms with Crippen LogP contribution in [0.1, 0.15) is 16.7 Å². The number of carboxylic acids is 1. The summed E-state index contributed by atoms with van der Waals surface area (Å²) in [6.45, 7) is 3.58. The third-order valence-electron chi connectivity index (χ3n) is 4.17. The third kappa shape index (κ3) is 7.97. The molecule has 0 saturated heterocycles. The van der Waals surface area contributed by atoms with Crippen molar-refractivity contribution in [1.29, 1.82) is 0 Å². The van der Waals surface area contributed by atoms with Crippen molar-refractivity contribution in [2.45, 2.75) is 25.5 Å². The molecule has 0 spiro atoms. The first-order valence-electron chi connectivity index (χ1n) is 9.05. The van der Waals surface area contributed by atoms with Crippen LogP contribution in [0.3, 0.4) is 0 Å². The van der Waals surface area contributed by atoms with Crippen LogP contribution in [0.2, 0.25) is 0 Å². The van der Waals surface area contributed by atoms with E-state index < -0.39 is 25.2 Å². The Morgan fingerprint density at radius 1 is 1.04 bits per heavy atom. The van der Waals surface area contributed by atoms with Gasteiger partial charge in [0.1, 0.15) is 12.6 Å². The van der Waals surface area contributed by atoms with Gasteiger partial charge in [0.2, 0.25) is 0 Å². The number of nitrogens with one attached hydrogen (secondary N) is 1. The summed E-state index contributed by atoms with van der Waals surface area (Å²) in [6.07, 6.45) is 0.635. The summed E-state index contributed by atoms with van der Waals surface area (Å²) in [6, 6.07) is 15.5. The average Bonchev–Trinajstić information content (AvgIpc) is 2.65. The molecule has 0 heterocycles. The Labute approximate surface area is 165 Å². The predicted octanol–water partition coefficient (Wildman–Crippen LogP) is 3.77. The molecular weight excluding hydrogens is 377 g/mol. The lowest BCUT2D eigenvalue weighted by Crippen LogP contribution is -2.42. The molecule has 0 fully saturated rings. The highest BCUT2D eigenvalue weighted by Crippen LogP contribution is 2.36. The maximum atomic E-state index is 12.0. The van der Waals surface area contributed by atoms with Gasteiger partial charge in [-0.15, -0.1) is 0 Å². The zero-order valence-electron chi connectivity index (χ0n) is 16.1. The Morgan fingerprint density at radius 2 is 1.68 bits per heavy atom. The highest BCUT2D eigenvalue weighted by molar-refractivity contribution is 7.62. The monoisotopic (exact) mass is 403 g/mol. The highest BCUT2D eigenvalue weighted by atomic mass is 31.2. The number of hydrogen-bond donors (Lipinski definition) is 2. The van der Waals surface area contributed by atoms with Crippen molar-refractivity contribution in [2.75, 3.05) is 19.5 Å². The molecule has 6 nitrogen and oxygen atoms in total. The number of alkyl carbamates (subject to hydrolysis) is 1. The second-order valence-electron chi connectivity index (χ2n) is 7.17. The average molecular weight is 403 g/mol. The fraction of sp³-hybridized carbons (Fsp3) is 0.333. The number of carbonyl (C=O) groups is 2. The number of carbonyl (C=O) groups excluding carboxylic acids is 1. The largest absolute Gasteiger partial charge is 0.480 e. The van der Waals surface area contributed by atoms with Gasteiger partial charge >= 0.3 is 12.1 Å². The fourth-order valence-corrected chi connectivity index (χ4v) is 3.45. The predicted molar refractivity (Wildman–Crippen MR) is 109 cm³/mol. The van der Waals surface area contributed by atoms with Crippen molar-refractivity contribution in [3.05, 3.63) is 71.3 Å². The lowest BCUT2D eigenvalue weighted by atomic mass is 10.0. The Balaban J connectivity index is 1.94. The van der Waals surface area contributed by atoms with Crippen molar-refractivity contribution in [3.63, 3.8) is 0 Å². The van der Waals surface area contributed by atoms with Crippen LogP contribution in [0.15, 0.2) is 54.6 Å². The van der Waals surface area contributed by atoms with Gasteiger partial charge in [-0.05, 0) is 36.4 Å². The number of rotatable bonds is 9. The molecule has 2 N–H and O–H groups in total. The molecule has 2 rings (SSSR count). The normalized spacial score (nSPS) is 12.2. The Kier molecular flexibility index (Phi) is 7.82. The summed E-state index contributed by atoms with van der Waals surface area (Å²) >= 11 is 0. The molecule has 2 aromatic rings. The van der Waals surface area contributed by atoms with Crippen LogP contribution in [0.4, 0.5) is 4.79 Å². The smallest absolute Gasteiger partial charge is 0.408 e. The number of amides is 1. The van der Waals surface area contributed by atoms with Gasteiger partial charge in [-0.25, -0.2) is 9.59 Å². The van der Waals surface area contributed by atoms with E-state index in [2.05, 4.69) is 5.32 Å². The van der Waals surface area contributed by atoms with Gasteiger partial charge in [0.05, 0.1) is 7.14 Å². The van der Waals surface area contributed by atoms with Crippen LogP contribution in [-0.2, 0) is 33.5 Å². The molecule has 28 heavy (non-hydrogen) atoms. The first-order valence-corrected chi connectivity index (χ1v) is 11.8. The van der Waals surface area contributed by atoms with Crippen molar-refractivity contribution < 1.29 is 24.0 Å². The van der Waals surface area contributed by atoms with Gasteiger partial charge in [-0.1, -0.05) is 54.6 Å². The SMILES string of the molecule is CP(C)(=O)CCc1cccc(CC(NC(=O)OCc2ccccc2)C(=O)O)c1. The summed E-state index contributed by atoms with van der Waals surface area (Å²) in [5.41, 5.74) is 2.61. The number of aryl methyl sites for hydroxylation is 1. The van der Waals surface area contributed by atoms with E-state index in [-0.39, 0.29) is 13.0 Å². The van der Waals surface area contributed by atoms with Crippen LogP contribution < -0.4 is 5.32 Å². The molecule has 0 radical (unpaired) electrons. The lowest BCUT2D eigenvalue weighted by molar-refractivity contribution is -0.139. The van der Waals surface area contributed by atoms with Gasteiger partial charge < -0.3 is 19.7 Å². The summed E-state index contributed by atoms with van der Waals surface area (Å²) in [7, 11) is -2.11. The van der Waals surface area contributed by atoms with Gasteiger partial charge in [0.15, 0.2) is 0 Å². The zero-order chi connectivity index (χ0) is 20.6. The summed E-state index contributed by atoms with van der Waals surface area (Å²) in [5.74, 6) is -1.13. The van der Waals surface area contributed by atoms with Gasteiger partial charge in [-0.2, -0.15) is 0 Å². The maximum Gasteiger partial charge on any atom is 0.408 e. The van der Waals surface area contributed by atoms with Crippen LogP contribution in [0.25, 0.3) is 0 Å². The van der Waals surface area contributed by atoms with E-state index in [1.54, 1.807) is 13.3 Å². The van der Waals surface area contributed by atoms with E-state index in [0.717, 1.165) is 16.7 Å². The number of aliphatic carboxylic acids is 1. The molecule has 1 atom stereocenters. The molecule has 1 amide bonds. The molecular formula is C21H26NO5P. The summed E-state index contributed by atoms with van der Waals surface area (Å²) in [4.78, 5) is 23.5. The molecule has 0 aliphatic rings. The topological polar surface area (TPSA) is 92.7 Å². The highest BCUT2D eigenvalue weighted by Gasteiger charge is 2.21. The van der Waals surface area contributed by atoms with Crippen LogP contribution in [0.5, 0.6) is 0 Å². The molecule has 0 aliphatic carbocycles. The van der Waals surface area contributed by atoms with E-state index >= 15 is 0 Å². The Morgan fingerprint density at radius 3 is 2.32 bits per heavy atom. The molecule has 2 aromatic carbocycles. The first-order chi connectivity index (χ1) is 13.2. The van der Waals surface area contributed by atoms with E-state index in [1.807, 2.05) is 54.6 Å². The van der Waals surface area contributed by atoms with E-state index in [9.17, 15) is 19.3 Å². The van der Waals surface area contributed by atoms with E-state index in [1.165, 1.54) is 0 Å². The van der Waals surface area contributed by atoms with E-state index in [0.29, 0.717) is 12.6 Å². The minimum absolute atomic E-state index is 0.0720. The van der Waals surface area contributed by atoms with Gasteiger partial charge in [0.25, 0.3) is 0 Å². The van der Waals surface area contributed by atoms with Crippen molar-refractivity contribution >= 4 is 19.2 Å². The van der Waals surface area contributed by atoms with Crippen LogP contribution >= 0.6 is 7.14 Å². The maximum absolute atomic E-state index is 12.0. The molecule has 0 bridgehead atoms. The van der Waals surface area contributed by atoms with Crippen LogP contribution in [-0.4, -0.2) is 42.7 Å². The first kappa shape index (κ1) is 21.7.